The largest absolute Gasteiger partial charge is 0.392 e. The highest BCUT2D eigenvalue weighted by atomic mass is 79.9. The van der Waals surface area contributed by atoms with E-state index in [0.717, 1.165) is 17.7 Å². The minimum absolute atomic E-state index is 0.260. The predicted octanol–water partition coefficient (Wildman–Crippen LogP) is 3.39. The molecule has 1 aromatic rings. The number of aliphatic hydroxyl groups is 1. The number of benzene rings is 1. The molecule has 2 atom stereocenters. The molecule has 0 saturated carbocycles. The Morgan fingerprint density at radius 1 is 1.56 bits per heavy atom. The second kappa shape index (κ2) is 5.52. The van der Waals surface area contributed by atoms with Gasteiger partial charge >= 0.3 is 0 Å². The molecule has 0 aliphatic carbocycles. The molecule has 16 heavy (non-hydrogen) atoms. The summed E-state index contributed by atoms with van der Waals surface area (Å²) in [6, 6.07) is 4.96. The summed E-state index contributed by atoms with van der Waals surface area (Å²) >= 11 is 5.05. The molecule has 0 amide bonds. The fourth-order valence-corrected chi connectivity index (χ4v) is 3.68. The maximum absolute atomic E-state index is 13.3. The van der Waals surface area contributed by atoms with Crippen molar-refractivity contribution in [3.05, 3.63) is 34.1 Å². The molecule has 1 aliphatic heterocycles. The van der Waals surface area contributed by atoms with E-state index in [1.54, 1.807) is 6.07 Å². The average Bonchev–Trinajstić information content (AvgIpc) is 2.78. The number of rotatable bonds is 3. The van der Waals surface area contributed by atoms with Crippen LogP contribution < -0.4 is 0 Å². The number of thioether (sulfide) groups is 1. The molecule has 0 aromatic heterocycles. The Bertz CT molecular complexity index is 366. The average molecular weight is 305 g/mol. The summed E-state index contributed by atoms with van der Waals surface area (Å²) in [5.74, 6) is 0.871. The maximum Gasteiger partial charge on any atom is 0.137 e. The zero-order valence-corrected chi connectivity index (χ0v) is 11.2. The van der Waals surface area contributed by atoms with Gasteiger partial charge in [0.15, 0.2) is 0 Å². The van der Waals surface area contributed by atoms with E-state index in [0.29, 0.717) is 16.1 Å². The number of aliphatic hydroxyl groups excluding tert-OH is 1. The van der Waals surface area contributed by atoms with Crippen LogP contribution in [0.15, 0.2) is 22.7 Å². The van der Waals surface area contributed by atoms with Gasteiger partial charge in [0.25, 0.3) is 0 Å². The van der Waals surface area contributed by atoms with Gasteiger partial charge in [-0.2, -0.15) is 11.8 Å². The van der Waals surface area contributed by atoms with Crippen LogP contribution in [0.5, 0.6) is 0 Å². The third-order valence-corrected chi connectivity index (χ3v) is 5.25. The van der Waals surface area contributed by atoms with Gasteiger partial charge < -0.3 is 5.11 Å². The van der Waals surface area contributed by atoms with E-state index in [1.165, 1.54) is 12.5 Å². The van der Waals surface area contributed by atoms with E-state index < -0.39 is 0 Å². The molecule has 1 nitrogen and oxygen atoms in total. The van der Waals surface area contributed by atoms with Crippen LogP contribution in [-0.2, 0) is 6.42 Å². The Hall–Kier alpha value is -0.0600. The van der Waals surface area contributed by atoms with Crippen molar-refractivity contribution in [1.29, 1.82) is 0 Å². The van der Waals surface area contributed by atoms with Crippen LogP contribution in [0.4, 0.5) is 4.39 Å². The minimum Gasteiger partial charge on any atom is -0.392 e. The summed E-state index contributed by atoms with van der Waals surface area (Å²) < 4.78 is 13.8. The molecule has 1 fully saturated rings. The standard InChI is InChI=1S/C12H14BrFOS/c13-12-8(3-1-4-9(12)14)7-10(15)11-5-2-6-16-11/h1,3-4,10-11,15H,2,5-7H2. The SMILES string of the molecule is OC(Cc1cccc(F)c1Br)C1CCCS1. The van der Waals surface area contributed by atoms with Crippen LogP contribution in [0, 0.1) is 5.82 Å². The van der Waals surface area contributed by atoms with Crippen molar-refractivity contribution in [2.75, 3.05) is 5.75 Å². The maximum atomic E-state index is 13.3. The first-order chi connectivity index (χ1) is 7.68. The van der Waals surface area contributed by atoms with Crippen molar-refractivity contribution in [3.8, 4) is 0 Å². The van der Waals surface area contributed by atoms with Gasteiger partial charge in [0.1, 0.15) is 5.82 Å². The van der Waals surface area contributed by atoms with Crippen LogP contribution in [-0.4, -0.2) is 22.2 Å². The van der Waals surface area contributed by atoms with E-state index in [1.807, 2.05) is 17.8 Å². The molecule has 0 radical (unpaired) electrons. The quantitative estimate of drug-likeness (QED) is 0.924. The topological polar surface area (TPSA) is 20.2 Å². The van der Waals surface area contributed by atoms with E-state index >= 15 is 0 Å². The van der Waals surface area contributed by atoms with Crippen molar-refractivity contribution < 1.29 is 9.50 Å². The summed E-state index contributed by atoms with van der Waals surface area (Å²) in [5.41, 5.74) is 0.847. The van der Waals surface area contributed by atoms with Gasteiger partial charge in [-0.1, -0.05) is 12.1 Å². The molecule has 2 unspecified atom stereocenters. The number of hydrogen-bond donors (Lipinski definition) is 1. The van der Waals surface area contributed by atoms with Gasteiger partial charge in [-0.15, -0.1) is 0 Å². The smallest absolute Gasteiger partial charge is 0.137 e. The molecule has 0 spiro atoms. The van der Waals surface area contributed by atoms with Crippen LogP contribution in [0.25, 0.3) is 0 Å². The lowest BCUT2D eigenvalue weighted by molar-refractivity contribution is 0.170. The van der Waals surface area contributed by atoms with E-state index in [-0.39, 0.29) is 11.9 Å². The van der Waals surface area contributed by atoms with Gasteiger partial charge in [0.2, 0.25) is 0 Å². The Balaban J connectivity index is 2.05. The van der Waals surface area contributed by atoms with Gasteiger partial charge in [-0.3, -0.25) is 0 Å². The van der Waals surface area contributed by atoms with Crippen LogP contribution in [0.3, 0.4) is 0 Å². The van der Waals surface area contributed by atoms with Gasteiger partial charge in [-0.25, -0.2) is 4.39 Å². The highest BCUT2D eigenvalue weighted by Gasteiger charge is 2.24. The molecule has 1 aromatic carbocycles. The van der Waals surface area contributed by atoms with Crippen molar-refractivity contribution in [1.82, 2.24) is 0 Å². The number of halogens is 2. The van der Waals surface area contributed by atoms with Crippen molar-refractivity contribution in [2.45, 2.75) is 30.6 Å². The van der Waals surface area contributed by atoms with E-state index in [2.05, 4.69) is 15.9 Å². The summed E-state index contributed by atoms with van der Waals surface area (Å²) in [5, 5.41) is 10.4. The molecule has 1 saturated heterocycles. The summed E-state index contributed by atoms with van der Waals surface area (Å²) in [6.07, 6.45) is 2.40. The first kappa shape index (κ1) is 12.4. The Labute approximate surface area is 108 Å². The fraction of sp³-hybridized carbons (Fsp3) is 0.500. The zero-order valence-electron chi connectivity index (χ0n) is 8.83. The lowest BCUT2D eigenvalue weighted by Crippen LogP contribution is -2.23. The Morgan fingerprint density at radius 2 is 2.38 bits per heavy atom. The van der Waals surface area contributed by atoms with Crippen LogP contribution in [0.2, 0.25) is 0 Å². The monoisotopic (exact) mass is 304 g/mol. The van der Waals surface area contributed by atoms with Crippen molar-refractivity contribution in [2.24, 2.45) is 0 Å². The molecular formula is C12H14BrFOS. The second-order valence-electron chi connectivity index (χ2n) is 4.04. The Kier molecular flexibility index (Phi) is 4.27. The van der Waals surface area contributed by atoms with Crippen molar-refractivity contribution >= 4 is 27.7 Å². The van der Waals surface area contributed by atoms with Crippen LogP contribution in [0.1, 0.15) is 18.4 Å². The molecule has 1 N–H and O–H groups in total. The second-order valence-corrected chi connectivity index (χ2v) is 6.18. The molecule has 88 valence electrons. The molecule has 1 heterocycles. The molecule has 0 bridgehead atoms. The molecule has 2 rings (SSSR count). The summed E-state index contributed by atoms with van der Waals surface area (Å²) in [6.45, 7) is 0. The lowest BCUT2D eigenvalue weighted by Gasteiger charge is -2.17. The summed E-state index contributed by atoms with van der Waals surface area (Å²) in [4.78, 5) is 0. The predicted molar refractivity (Wildman–Crippen MR) is 69.3 cm³/mol. The fourth-order valence-electron chi connectivity index (χ4n) is 1.97. The third-order valence-electron chi connectivity index (χ3n) is 2.85. The lowest BCUT2D eigenvalue weighted by atomic mass is 10.0. The molecular weight excluding hydrogens is 291 g/mol. The zero-order chi connectivity index (χ0) is 11.5. The summed E-state index contributed by atoms with van der Waals surface area (Å²) in [7, 11) is 0. The van der Waals surface area contributed by atoms with Gasteiger partial charge in [0.05, 0.1) is 10.6 Å². The normalized spacial score (nSPS) is 22.3. The highest BCUT2D eigenvalue weighted by molar-refractivity contribution is 9.10. The minimum atomic E-state index is -0.370. The molecule has 4 heteroatoms. The van der Waals surface area contributed by atoms with E-state index in [4.69, 9.17) is 0 Å². The van der Waals surface area contributed by atoms with Gasteiger partial charge in [-0.05, 0) is 46.2 Å². The van der Waals surface area contributed by atoms with Crippen LogP contribution >= 0.6 is 27.7 Å². The third kappa shape index (κ3) is 2.79. The first-order valence-electron chi connectivity index (χ1n) is 5.41. The van der Waals surface area contributed by atoms with Gasteiger partial charge in [0, 0.05) is 11.7 Å². The molecule has 1 aliphatic rings. The highest BCUT2D eigenvalue weighted by Crippen LogP contribution is 2.31. The van der Waals surface area contributed by atoms with Crippen molar-refractivity contribution in [3.63, 3.8) is 0 Å². The first-order valence-corrected chi connectivity index (χ1v) is 7.25. The Morgan fingerprint density at radius 3 is 3.06 bits per heavy atom. The number of hydrogen-bond acceptors (Lipinski definition) is 2. The van der Waals surface area contributed by atoms with E-state index in [9.17, 15) is 9.50 Å².